The third-order valence-electron chi connectivity index (χ3n) is 1.36. The summed E-state index contributed by atoms with van der Waals surface area (Å²) in [5.74, 6) is 0.569. The van der Waals surface area contributed by atoms with E-state index in [1.54, 1.807) is 6.26 Å². The molecule has 1 heterocycles. The van der Waals surface area contributed by atoms with Gasteiger partial charge in [0.15, 0.2) is 0 Å². The number of hydrogen-bond donors (Lipinski definition) is 0. The van der Waals surface area contributed by atoms with Crippen LogP contribution in [-0.4, -0.2) is 6.61 Å². The first-order chi connectivity index (χ1) is 5.25. The number of hydrogen-bond acceptors (Lipinski definition) is 2. The maximum absolute atomic E-state index is 5.21. The molecule has 0 unspecified atom stereocenters. The highest BCUT2D eigenvalue weighted by Gasteiger charge is 2.06. The summed E-state index contributed by atoms with van der Waals surface area (Å²) >= 11 is 0. The van der Waals surface area contributed by atoms with Crippen LogP contribution in [0.5, 0.6) is 5.95 Å². The standard InChI is InChI=1S/C9H12O2/c1-4-10-9-8(7(2)3)5-6-11-9/h5-6H,2,4H2,1,3H3. The molecule has 0 amide bonds. The van der Waals surface area contributed by atoms with Crippen molar-refractivity contribution in [1.82, 2.24) is 0 Å². The van der Waals surface area contributed by atoms with Crippen molar-refractivity contribution in [2.75, 3.05) is 6.61 Å². The van der Waals surface area contributed by atoms with Crippen molar-refractivity contribution in [2.45, 2.75) is 13.8 Å². The molecule has 1 rings (SSSR count). The topological polar surface area (TPSA) is 22.4 Å². The monoisotopic (exact) mass is 152 g/mol. The smallest absolute Gasteiger partial charge is 0.292 e. The van der Waals surface area contributed by atoms with Gasteiger partial charge in [0.05, 0.1) is 18.4 Å². The molecule has 60 valence electrons. The van der Waals surface area contributed by atoms with Gasteiger partial charge in [-0.05, 0) is 25.5 Å². The first kappa shape index (κ1) is 7.92. The minimum absolute atomic E-state index is 0.569. The number of allylic oxidation sites excluding steroid dienone is 1. The lowest BCUT2D eigenvalue weighted by atomic mass is 10.2. The van der Waals surface area contributed by atoms with Crippen molar-refractivity contribution >= 4 is 5.57 Å². The lowest BCUT2D eigenvalue weighted by Gasteiger charge is -2.00. The van der Waals surface area contributed by atoms with Gasteiger partial charge < -0.3 is 9.15 Å². The fourth-order valence-corrected chi connectivity index (χ4v) is 0.855. The Labute approximate surface area is 66.5 Å². The largest absolute Gasteiger partial charge is 0.465 e. The van der Waals surface area contributed by atoms with Crippen LogP contribution in [0.25, 0.3) is 5.57 Å². The van der Waals surface area contributed by atoms with E-state index in [2.05, 4.69) is 6.58 Å². The Morgan fingerprint density at radius 2 is 2.45 bits per heavy atom. The molecule has 2 heteroatoms. The average molecular weight is 152 g/mol. The fourth-order valence-electron chi connectivity index (χ4n) is 0.855. The van der Waals surface area contributed by atoms with Crippen molar-refractivity contribution in [3.05, 3.63) is 24.5 Å². The summed E-state index contributed by atoms with van der Waals surface area (Å²) in [6.07, 6.45) is 1.61. The summed E-state index contributed by atoms with van der Waals surface area (Å²) in [4.78, 5) is 0. The van der Waals surface area contributed by atoms with E-state index >= 15 is 0 Å². The van der Waals surface area contributed by atoms with Gasteiger partial charge in [0.1, 0.15) is 0 Å². The molecular weight excluding hydrogens is 140 g/mol. The highest BCUT2D eigenvalue weighted by molar-refractivity contribution is 5.64. The Morgan fingerprint density at radius 3 is 3.00 bits per heavy atom. The van der Waals surface area contributed by atoms with Gasteiger partial charge in [-0.2, -0.15) is 0 Å². The quantitative estimate of drug-likeness (QED) is 0.664. The van der Waals surface area contributed by atoms with Gasteiger partial charge >= 0.3 is 0 Å². The van der Waals surface area contributed by atoms with Crippen LogP contribution >= 0.6 is 0 Å². The van der Waals surface area contributed by atoms with Gasteiger partial charge in [0, 0.05) is 0 Å². The molecule has 11 heavy (non-hydrogen) atoms. The maximum atomic E-state index is 5.21. The predicted octanol–water partition coefficient (Wildman–Crippen LogP) is 2.71. The van der Waals surface area contributed by atoms with Crippen LogP contribution in [0.3, 0.4) is 0 Å². The lowest BCUT2D eigenvalue weighted by molar-refractivity contribution is 0.256. The minimum Gasteiger partial charge on any atom is -0.465 e. The van der Waals surface area contributed by atoms with Crippen LogP contribution in [0.1, 0.15) is 19.4 Å². The van der Waals surface area contributed by atoms with Gasteiger partial charge in [-0.25, -0.2) is 0 Å². The summed E-state index contributed by atoms with van der Waals surface area (Å²) in [5.41, 5.74) is 1.91. The zero-order valence-corrected chi connectivity index (χ0v) is 6.89. The van der Waals surface area contributed by atoms with E-state index in [1.807, 2.05) is 19.9 Å². The summed E-state index contributed by atoms with van der Waals surface area (Å²) < 4.78 is 10.3. The molecule has 1 aromatic rings. The van der Waals surface area contributed by atoms with Gasteiger partial charge in [0.2, 0.25) is 0 Å². The summed E-state index contributed by atoms with van der Waals surface area (Å²) in [6, 6.07) is 1.85. The molecule has 2 nitrogen and oxygen atoms in total. The van der Waals surface area contributed by atoms with Crippen molar-refractivity contribution in [3.63, 3.8) is 0 Å². The molecule has 0 saturated carbocycles. The molecule has 0 N–H and O–H groups in total. The van der Waals surface area contributed by atoms with E-state index in [-0.39, 0.29) is 0 Å². The highest BCUT2D eigenvalue weighted by atomic mass is 16.6. The second-order valence-corrected chi connectivity index (χ2v) is 2.34. The highest BCUT2D eigenvalue weighted by Crippen LogP contribution is 2.25. The zero-order valence-electron chi connectivity index (χ0n) is 6.89. The molecular formula is C9H12O2. The second kappa shape index (κ2) is 3.28. The maximum Gasteiger partial charge on any atom is 0.292 e. The van der Waals surface area contributed by atoms with E-state index in [1.165, 1.54) is 0 Å². The Kier molecular flexibility index (Phi) is 2.36. The van der Waals surface area contributed by atoms with Crippen LogP contribution < -0.4 is 4.74 Å². The molecule has 0 aliphatic carbocycles. The van der Waals surface area contributed by atoms with Crippen molar-refractivity contribution in [3.8, 4) is 5.95 Å². The molecule has 0 aliphatic heterocycles. The first-order valence-electron chi connectivity index (χ1n) is 3.62. The first-order valence-corrected chi connectivity index (χ1v) is 3.62. The van der Waals surface area contributed by atoms with Crippen LogP contribution in [-0.2, 0) is 0 Å². The van der Waals surface area contributed by atoms with Gasteiger partial charge in [0.25, 0.3) is 5.95 Å². The fraction of sp³-hybridized carbons (Fsp3) is 0.333. The average Bonchev–Trinajstić information content (AvgIpc) is 2.36. The summed E-state index contributed by atoms with van der Waals surface area (Å²) in [7, 11) is 0. The van der Waals surface area contributed by atoms with Gasteiger partial charge in [-0.1, -0.05) is 6.58 Å². The molecule has 0 bridgehead atoms. The molecule has 0 fully saturated rings. The Bertz CT molecular complexity index is 248. The molecule has 1 aromatic heterocycles. The summed E-state index contributed by atoms with van der Waals surface area (Å²) in [6.45, 7) is 8.26. The van der Waals surface area contributed by atoms with E-state index in [9.17, 15) is 0 Å². The van der Waals surface area contributed by atoms with Crippen molar-refractivity contribution in [1.29, 1.82) is 0 Å². The number of furan rings is 1. The van der Waals surface area contributed by atoms with Crippen LogP contribution in [0.4, 0.5) is 0 Å². The predicted molar refractivity (Wildman–Crippen MR) is 44.6 cm³/mol. The normalized spacial score (nSPS) is 9.64. The number of rotatable bonds is 3. The molecule has 0 atom stereocenters. The molecule has 0 saturated heterocycles. The summed E-state index contributed by atoms with van der Waals surface area (Å²) in [5, 5.41) is 0. The SMILES string of the molecule is C=C(C)c1ccoc1OCC. The molecule has 0 spiro atoms. The van der Waals surface area contributed by atoms with Crippen LogP contribution in [0.2, 0.25) is 0 Å². The van der Waals surface area contributed by atoms with Gasteiger partial charge in [-0.15, -0.1) is 0 Å². The third kappa shape index (κ3) is 1.64. The van der Waals surface area contributed by atoms with E-state index < -0.39 is 0 Å². The van der Waals surface area contributed by atoms with Crippen molar-refractivity contribution in [2.24, 2.45) is 0 Å². The van der Waals surface area contributed by atoms with E-state index in [0.717, 1.165) is 11.1 Å². The zero-order chi connectivity index (χ0) is 8.27. The van der Waals surface area contributed by atoms with E-state index in [0.29, 0.717) is 12.6 Å². The molecule has 0 aliphatic rings. The van der Waals surface area contributed by atoms with Crippen LogP contribution in [0.15, 0.2) is 23.3 Å². The third-order valence-corrected chi connectivity index (χ3v) is 1.36. The Morgan fingerprint density at radius 1 is 1.73 bits per heavy atom. The van der Waals surface area contributed by atoms with E-state index in [4.69, 9.17) is 9.15 Å². The second-order valence-electron chi connectivity index (χ2n) is 2.34. The Hall–Kier alpha value is -1.18. The van der Waals surface area contributed by atoms with Crippen molar-refractivity contribution < 1.29 is 9.15 Å². The lowest BCUT2D eigenvalue weighted by Crippen LogP contribution is -1.91. The minimum atomic E-state index is 0.569. The van der Waals surface area contributed by atoms with Gasteiger partial charge in [-0.3, -0.25) is 0 Å². The molecule has 0 aromatic carbocycles. The molecule has 0 radical (unpaired) electrons. The van der Waals surface area contributed by atoms with Crippen LogP contribution in [0, 0.1) is 0 Å². The number of ether oxygens (including phenoxy) is 1. The Balaban J connectivity index is 2.87.